The van der Waals surface area contributed by atoms with Crippen LogP contribution in [0.2, 0.25) is 0 Å². The van der Waals surface area contributed by atoms with Gasteiger partial charge in [0.2, 0.25) is 0 Å². The third-order valence-electron chi connectivity index (χ3n) is 7.48. The van der Waals surface area contributed by atoms with Crippen molar-refractivity contribution in [3.8, 4) is 5.69 Å². The zero-order valence-electron chi connectivity index (χ0n) is 21.5. The van der Waals surface area contributed by atoms with Gasteiger partial charge in [-0.05, 0) is 98.4 Å². The number of halogens is 1. The first kappa shape index (κ1) is 24.6. The van der Waals surface area contributed by atoms with Gasteiger partial charge in [0.05, 0.1) is 31.0 Å². The molecular formula is C30H30FN5OS. The molecule has 0 amide bonds. The summed E-state index contributed by atoms with van der Waals surface area (Å²) in [6.45, 7) is 7.48. The number of benzene rings is 2. The first-order chi connectivity index (χ1) is 18.5. The molecule has 2 fully saturated rings. The lowest BCUT2D eigenvalue weighted by atomic mass is 9.96. The minimum absolute atomic E-state index is 0.118. The van der Waals surface area contributed by atoms with Gasteiger partial charge in [-0.1, -0.05) is 6.07 Å². The largest absolute Gasteiger partial charge is 0.378 e. The molecule has 4 aromatic rings. The highest BCUT2D eigenvalue weighted by atomic mass is 32.1. The molecule has 0 radical (unpaired) electrons. The van der Waals surface area contributed by atoms with Crippen LogP contribution in [0.3, 0.4) is 0 Å². The fourth-order valence-electron chi connectivity index (χ4n) is 5.67. The summed E-state index contributed by atoms with van der Waals surface area (Å²) in [5.74, 6) is -0.247. The van der Waals surface area contributed by atoms with E-state index in [1.807, 2.05) is 36.5 Å². The fourth-order valence-corrected chi connectivity index (χ4v) is 6.02. The molecule has 2 aliphatic rings. The Morgan fingerprint density at radius 2 is 1.61 bits per heavy atom. The Morgan fingerprint density at radius 3 is 2.29 bits per heavy atom. The van der Waals surface area contributed by atoms with Crippen LogP contribution < -0.4 is 15.1 Å². The highest BCUT2D eigenvalue weighted by Crippen LogP contribution is 2.44. The van der Waals surface area contributed by atoms with Crippen LogP contribution in [0, 0.1) is 19.7 Å². The van der Waals surface area contributed by atoms with Crippen molar-refractivity contribution < 1.29 is 9.13 Å². The molecule has 194 valence electrons. The average molecular weight is 528 g/mol. The van der Waals surface area contributed by atoms with E-state index in [4.69, 9.17) is 17.0 Å². The highest BCUT2D eigenvalue weighted by molar-refractivity contribution is 7.80. The second kappa shape index (κ2) is 10.2. The lowest BCUT2D eigenvalue weighted by Gasteiger charge is -2.31. The van der Waals surface area contributed by atoms with E-state index in [-0.39, 0.29) is 17.9 Å². The van der Waals surface area contributed by atoms with Crippen LogP contribution in [-0.2, 0) is 4.74 Å². The number of hydrogen-bond donors (Lipinski definition) is 1. The molecular weight excluding hydrogens is 497 g/mol. The molecule has 0 bridgehead atoms. The monoisotopic (exact) mass is 527 g/mol. The second-order valence-corrected chi connectivity index (χ2v) is 10.1. The van der Waals surface area contributed by atoms with Gasteiger partial charge in [0.1, 0.15) is 5.82 Å². The molecule has 2 aliphatic heterocycles. The summed E-state index contributed by atoms with van der Waals surface area (Å²) in [5.41, 5.74) is 7.37. The minimum atomic E-state index is -0.247. The van der Waals surface area contributed by atoms with Crippen LogP contribution >= 0.6 is 12.2 Å². The molecule has 0 spiro atoms. The molecule has 1 N–H and O–H groups in total. The number of rotatable bonds is 5. The number of hydrogen-bond acceptors (Lipinski definition) is 4. The van der Waals surface area contributed by atoms with E-state index in [0.29, 0.717) is 5.11 Å². The molecule has 0 unspecified atom stereocenters. The van der Waals surface area contributed by atoms with Crippen LogP contribution in [0.15, 0.2) is 79.0 Å². The Morgan fingerprint density at radius 1 is 0.921 bits per heavy atom. The number of thiocarbonyl (C=S) groups is 1. The number of morpholine rings is 1. The predicted octanol–water partition coefficient (Wildman–Crippen LogP) is 5.64. The van der Waals surface area contributed by atoms with Gasteiger partial charge in [-0.3, -0.25) is 4.98 Å². The van der Waals surface area contributed by atoms with Crippen molar-refractivity contribution in [1.29, 1.82) is 0 Å². The summed E-state index contributed by atoms with van der Waals surface area (Å²) in [6.07, 6.45) is 1.82. The van der Waals surface area contributed by atoms with Gasteiger partial charge in [-0.2, -0.15) is 0 Å². The van der Waals surface area contributed by atoms with Crippen LogP contribution in [-0.4, -0.2) is 41.0 Å². The Balaban J connectivity index is 1.43. The molecule has 8 heteroatoms. The van der Waals surface area contributed by atoms with Gasteiger partial charge in [0.15, 0.2) is 5.11 Å². The summed E-state index contributed by atoms with van der Waals surface area (Å²) in [5, 5.41) is 4.22. The first-order valence-corrected chi connectivity index (χ1v) is 13.3. The van der Waals surface area contributed by atoms with E-state index in [2.05, 4.69) is 68.8 Å². The zero-order valence-corrected chi connectivity index (χ0v) is 22.3. The van der Waals surface area contributed by atoms with Gasteiger partial charge in [-0.25, -0.2) is 4.39 Å². The van der Waals surface area contributed by atoms with E-state index in [9.17, 15) is 4.39 Å². The number of nitrogens with one attached hydrogen (secondary N) is 1. The van der Waals surface area contributed by atoms with Crippen LogP contribution in [0.4, 0.5) is 15.8 Å². The molecule has 38 heavy (non-hydrogen) atoms. The molecule has 2 aromatic heterocycles. The standard InChI is InChI=1S/C30H30FN5OS/c1-20-19-26(21(2)35(20)24-8-6-22(31)7-9-24)29-28(27-5-3-4-14-32-27)33-30(38)36(29)25-12-10-23(11-13-25)34-15-17-37-18-16-34/h3-14,19,28-29H,15-18H2,1-2H3,(H,33,38)/t28-,29+/m0/s1. The zero-order chi connectivity index (χ0) is 26.2. The molecule has 2 saturated heterocycles. The van der Waals surface area contributed by atoms with E-state index < -0.39 is 0 Å². The molecule has 0 saturated carbocycles. The van der Waals surface area contributed by atoms with Crippen molar-refractivity contribution in [3.05, 3.63) is 107 Å². The number of aryl methyl sites for hydroxylation is 1. The van der Waals surface area contributed by atoms with Gasteiger partial charge in [0, 0.05) is 47.7 Å². The Bertz CT molecular complexity index is 1430. The SMILES string of the molecule is Cc1cc([C@@H]2[C@H](c3ccccn3)NC(=S)N2c2ccc(N3CCOCC3)cc2)c(C)n1-c1ccc(F)cc1. The lowest BCUT2D eigenvalue weighted by molar-refractivity contribution is 0.122. The quantitative estimate of drug-likeness (QED) is 0.339. The van der Waals surface area contributed by atoms with Gasteiger partial charge in [0.25, 0.3) is 0 Å². The molecule has 2 atom stereocenters. The Kier molecular flexibility index (Phi) is 6.59. The molecule has 0 aliphatic carbocycles. The summed E-state index contributed by atoms with van der Waals surface area (Å²) >= 11 is 5.94. The normalized spacial score (nSPS) is 19.6. The van der Waals surface area contributed by atoms with Crippen molar-refractivity contribution in [3.63, 3.8) is 0 Å². The second-order valence-electron chi connectivity index (χ2n) is 9.75. The summed E-state index contributed by atoms with van der Waals surface area (Å²) < 4.78 is 21.4. The topological polar surface area (TPSA) is 45.6 Å². The number of ether oxygens (including phenoxy) is 1. The van der Waals surface area contributed by atoms with Gasteiger partial charge >= 0.3 is 0 Å². The minimum Gasteiger partial charge on any atom is -0.378 e. The molecule has 4 heterocycles. The van der Waals surface area contributed by atoms with E-state index in [1.165, 1.54) is 17.8 Å². The Labute approximate surface area is 227 Å². The lowest BCUT2D eigenvalue weighted by Crippen LogP contribution is -2.36. The van der Waals surface area contributed by atoms with E-state index in [0.717, 1.165) is 60.3 Å². The van der Waals surface area contributed by atoms with Gasteiger partial charge < -0.3 is 24.4 Å². The van der Waals surface area contributed by atoms with Gasteiger partial charge in [-0.15, -0.1) is 0 Å². The molecule has 6 nitrogen and oxygen atoms in total. The number of nitrogens with zero attached hydrogens (tertiary/aromatic N) is 4. The maximum absolute atomic E-state index is 13.7. The maximum atomic E-state index is 13.7. The van der Waals surface area contributed by atoms with Crippen molar-refractivity contribution in [2.75, 3.05) is 36.1 Å². The van der Waals surface area contributed by atoms with Crippen LogP contribution in [0.5, 0.6) is 0 Å². The van der Waals surface area contributed by atoms with E-state index in [1.54, 1.807) is 0 Å². The van der Waals surface area contributed by atoms with Crippen molar-refractivity contribution in [1.82, 2.24) is 14.9 Å². The smallest absolute Gasteiger partial charge is 0.174 e. The van der Waals surface area contributed by atoms with Crippen molar-refractivity contribution >= 4 is 28.7 Å². The summed E-state index contributed by atoms with van der Waals surface area (Å²) in [7, 11) is 0. The summed E-state index contributed by atoms with van der Waals surface area (Å²) in [4.78, 5) is 9.23. The number of aromatic nitrogens is 2. The third-order valence-corrected chi connectivity index (χ3v) is 7.79. The van der Waals surface area contributed by atoms with Crippen LogP contribution in [0.25, 0.3) is 5.69 Å². The number of anilines is 2. The number of pyridine rings is 1. The van der Waals surface area contributed by atoms with E-state index >= 15 is 0 Å². The predicted molar refractivity (Wildman–Crippen MR) is 153 cm³/mol. The first-order valence-electron chi connectivity index (χ1n) is 12.9. The highest BCUT2D eigenvalue weighted by Gasteiger charge is 2.42. The van der Waals surface area contributed by atoms with Crippen molar-refractivity contribution in [2.24, 2.45) is 0 Å². The third kappa shape index (κ3) is 4.44. The Hall–Kier alpha value is -3.75. The molecule has 2 aromatic carbocycles. The maximum Gasteiger partial charge on any atom is 0.174 e. The van der Waals surface area contributed by atoms with Crippen LogP contribution in [0.1, 0.15) is 34.7 Å². The molecule has 6 rings (SSSR count). The van der Waals surface area contributed by atoms with Crippen molar-refractivity contribution in [2.45, 2.75) is 25.9 Å². The fraction of sp³-hybridized carbons (Fsp3) is 0.267. The summed E-state index contributed by atoms with van der Waals surface area (Å²) in [6, 6.07) is 23.2. The average Bonchev–Trinajstić information content (AvgIpc) is 3.45.